The van der Waals surface area contributed by atoms with Crippen LogP contribution < -0.4 is 5.32 Å². The first-order valence-electron chi connectivity index (χ1n) is 26.9. The van der Waals surface area contributed by atoms with Crippen LogP contribution in [0.5, 0.6) is 0 Å². The zero-order chi connectivity index (χ0) is 45.2. The third-order valence-electron chi connectivity index (χ3n) is 12.2. The number of nitrogens with one attached hydrogen (secondary N) is 1. The van der Waals surface area contributed by atoms with E-state index in [0.29, 0.717) is 19.3 Å². The molecule has 0 spiro atoms. The topological polar surface area (TPSA) is 95.9 Å². The maximum atomic E-state index is 13.2. The van der Waals surface area contributed by atoms with E-state index in [1.807, 2.05) is 0 Å². The van der Waals surface area contributed by atoms with Gasteiger partial charge in [0.25, 0.3) is 0 Å². The minimum atomic E-state index is -0.793. The molecular weight excluding hydrogens is 767 g/mol. The van der Waals surface area contributed by atoms with Crippen molar-refractivity contribution >= 4 is 11.9 Å². The van der Waals surface area contributed by atoms with E-state index in [4.69, 9.17) is 4.74 Å². The normalized spacial score (nSPS) is 13.6. The van der Waals surface area contributed by atoms with Crippen LogP contribution in [0.15, 0.2) is 48.6 Å². The number of ether oxygens (including phenoxy) is 1. The number of unbranched alkanes of at least 4 members (excludes halogenated alkanes) is 29. The molecule has 0 aromatic heterocycles. The number of hydrogen-bond acceptors (Lipinski definition) is 5. The van der Waals surface area contributed by atoms with Gasteiger partial charge in [0.15, 0.2) is 0 Å². The van der Waals surface area contributed by atoms with Crippen molar-refractivity contribution in [2.75, 3.05) is 6.61 Å². The van der Waals surface area contributed by atoms with E-state index in [9.17, 15) is 19.8 Å². The lowest BCUT2D eigenvalue weighted by Crippen LogP contribution is -2.46. The number of hydrogen-bond donors (Lipinski definition) is 3. The van der Waals surface area contributed by atoms with Gasteiger partial charge < -0.3 is 20.3 Å². The number of allylic oxidation sites excluding steroid dienone is 8. The predicted octanol–water partition coefficient (Wildman–Crippen LogP) is 16.2. The molecule has 3 atom stereocenters. The minimum absolute atomic E-state index is 0.0641. The van der Waals surface area contributed by atoms with Gasteiger partial charge in [-0.25, -0.2) is 0 Å². The summed E-state index contributed by atoms with van der Waals surface area (Å²) >= 11 is 0. The average molecular weight is 870 g/mol. The van der Waals surface area contributed by atoms with Gasteiger partial charge in [0.1, 0.15) is 6.10 Å². The molecular formula is C56H103NO5. The molecule has 362 valence electrons. The van der Waals surface area contributed by atoms with Crippen molar-refractivity contribution in [2.45, 2.75) is 289 Å². The molecule has 0 heterocycles. The second-order valence-corrected chi connectivity index (χ2v) is 18.3. The molecule has 1 amide bonds. The van der Waals surface area contributed by atoms with E-state index in [2.05, 4.69) is 74.7 Å². The molecule has 0 saturated heterocycles. The average Bonchev–Trinajstić information content (AvgIpc) is 3.26. The summed E-state index contributed by atoms with van der Waals surface area (Å²) in [6.45, 7) is 6.43. The van der Waals surface area contributed by atoms with Gasteiger partial charge in [0, 0.05) is 6.42 Å². The van der Waals surface area contributed by atoms with Gasteiger partial charge in [-0.1, -0.05) is 223 Å². The van der Waals surface area contributed by atoms with E-state index in [1.54, 1.807) is 0 Å². The first-order chi connectivity index (χ1) is 30.5. The number of rotatable bonds is 48. The van der Waals surface area contributed by atoms with Crippen molar-refractivity contribution in [1.29, 1.82) is 0 Å². The highest BCUT2D eigenvalue weighted by Gasteiger charge is 2.24. The molecule has 6 heteroatoms. The van der Waals surface area contributed by atoms with Crippen LogP contribution in [0.4, 0.5) is 0 Å². The standard InChI is InChI=1S/C56H103NO5/c1-4-7-10-13-16-19-22-25-27-30-32-35-38-41-44-47-52(62-56(61)49-46-43-40-37-34-31-28-26-23-20-17-14-11-8-5-2)50-55(60)57-53(51-58)54(59)48-45-42-39-36-33-29-24-21-18-15-12-9-6-3/h16-17,19-20,23,25-27,52-54,58-59H,4-15,18,21-22,24,28-51H2,1-3H3,(H,57,60)/b19-16-,20-17+,26-23+,27-25-. The Morgan fingerprint density at radius 3 is 1.35 bits per heavy atom. The van der Waals surface area contributed by atoms with Gasteiger partial charge >= 0.3 is 5.97 Å². The fourth-order valence-corrected chi connectivity index (χ4v) is 8.04. The van der Waals surface area contributed by atoms with Crippen LogP contribution in [0.3, 0.4) is 0 Å². The van der Waals surface area contributed by atoms with E-state index in [0.717, 1.165) is 77.0 Å². The Morgan fingerprint density at radius 1 is 0.484 bits per heavy atom. The Morgan fingerprint density at radius 2 is 0.871 bits per heavy atom. The molecule has 3 unspecified atom stereocenters. The van der Waals surface area contributed by atoms with Crippen molar-refractivity contribution in [3.8, 4) is 0 Å². The Hall–Kier alpha value is -2.18. The second kappa shape index (κ2) is 49.8. The monoisotopic (exact) mass is 870 g/mol. The van der Waals surface area contributed by atoms with Crippen LogP contribution in [0.25, 0.3) is 0 Å². The minimum Gasteiger partial charge on any atom is -0.462 e. The van der Waals surface area contributed by atoms with E-state index in [1.165, 1.54) is 148 Å². The molecule has 0 aliphatic rings. The van der Waals surface area contributed by atoms with Gasteiger partial charge in [0.05, 0.1) is 25.2 Å². The fourth-order valence-electron chi connectivity index (χ4n) is 8.04. The Labute approximate surface area is 385 Å². The first kappa shape index (κ1) is 59.8. The summed E-state index contributed by atoms with van der Waals surface area (Å²) in [6, 6.07) is -0.708. The van der Waals surface area contributed by atoms with Gasteiger partial charge in [-0.15, -0.1) is 0 Å². The molecule has 0 aliphatic carbocycles. The van der Waals surface area contributed by atoms with Crippen LogP contribution in [0, 0.1) is 0 Å². The summed E-state index contributed by atoms with van der Waals surface area (Å²) in [5, 5.41) is 23.8. The van der Waals surface area contributed by atoms with Crippen molar-refractivity contribution in [1.82, 2.24) is 5.32 Å². The lowest BCUT2D eigenvalue weighted by atomic mass is 10.0. The smallest absolute Gasteiger partial charge is 0.306 e. The van der Waals surface area contributed by atoms with Crippen molar-refractivity contribution in [3.05, 3.63) is 48.6 Å². The third kappa shape index (κ3) is 44.4. The van der Waals surface area contributed by atoms with Crippen LogP contribution in [0.1, 0.15) is 271 Å². The largest absolute Gasteiger partial charge is 0.462 e. The summed E-state index contributed by atoms with van der Waals surface area (Å²) in [5.41, 5.74) is 0. The fraction of sp³-hybridized carbons (Fsp3) is 0.821. The van der Waals surface area contributed by atoms with Gasteiger partial charge in [-0.2, -0.15) is 0 Å². The molecule has 0 aromatic carbocycles. The summed E-state index contributed by atoms with van der Waals surface area (Å²) in [5.74, 6) is -0.494. The molecule has 62 heavy (non-hydrogen) atoms. The lowest BCUT2D eigenvalue weighted by molar-refractivity contribution is -0.151. The van der Waals surface area contributed by atoms with Crippen LogP contribution >= 0.6 is 0 Å². The number of carbonyl (C=O) groups is 2. The molecule has 0 rings (SSSR count). The summed E-state index contributed by atoms with van der Waals surface area (Å²) in [6.07, 6.45) is 60.2. The van der Waals surface area contributed by atoms with Gasteiger partial charge in [-0.05, 0) is 83.5 Å². The highest BCUT2D eigenvalue weighted by atomic mass is 16.5. The Kier molecular flexibility index (Phi) is 48.1. The van der Waals surface area contributed by atoms with Crippen LogP contribution in [0.2, 0.25) is 0 Å². The molecule has 3 N–H and O–H groups in total. The zero-order valence-corrected chi connectivity index (χ0v) is 41.3. The molecule has 0 aliphatic heterocycles. The van der Waals surface area contributed by atoms with Crippen LogP contribution in [-0.4, -0.2) is 46.9 Å². The molecule has 6 nitrogen and oxygen atoms in total. The summed E-state index contributed by atoms with van der Waals surface area (Å²) < 4.78 is 5.94. The number of aliphatic hydroxyl groups is 2. The molecule has 0 bridgehead atoms. The highest BCUT2D eigenvalue weighted by molar-refractivity contribution is 5.77. The van der Waals surface area contributed by atoms with Gasteiger partial charge in [-0.3, -0.25) is 9.59 Å². The van der Waals surface area contributed by atoms with Crippen LogP contribution in [-0.2, 0) is 14.3 Å². The Balaban J connectivity index is 4.62. The molecule has 0 radical (unpaired) electrons. The third-order valence-corrected chi connectivity index (χ3v) is 12.2. The van der Waals surface area contributed by atoms with Crippen molar-refractivity contribution in [2.24, 2.45) is 0 Å². The van der Waals surface area contributed by atoms with Crippen molar-refractivity contribution in [3.63, 3.8) is 0 Å². The van der Waals surface area contributed by atoms with Gasteiger partial charge in [0.2, 0.25) is 5.91 Å². The van der Waals surface area contributed by atoms with Crippen molar-refractivity contribution < 1.29 is 24.5 Å². The molecule has 0 saturated carbocycles. The molecule has 0 fully saturated rings. The predicted molar refractivity (Wildman–Crippen MR) is 269 cm³/mol. The quantitative estimate of drug-likeness (QED) is 0.0245. The Bertz CT molecular complexity index is 1070. The second-order valence-electron chi connectivity index (χ2n) is 18.3. The number of carbonyl (C=O) groups excluding carboxylic acids is 2. The number of aliphatic hydroxyl groups excluding tert-OH is 2. The first-order valence-corrected chi connectivity index (χ1v) is 26.9. The summed E-state index contributed by atoms with van der Waals surface area (Å²) in [4.78, 5) is 26.2. The SMILES string of the molecule is CCCCC/C=C\C/C=C\CCCCCCCC(CC(=O)NC(CO)C(O)CCCCCCCCCCCCCCC)OC(=O)CCCCCCCC/C=C/C=C/CCCCC. The van der Waals surface area contributed by atoms with E-state index >= 15 is 0 Å². The maximum absolute atomic E-state index is 13.2. The summed E-state index contributed by atoms with van der Waals surface area (Å²) in [7, 11) is 0. The lowest BCUT2D eigenvalue weighted by Gasteiger charge is -2.24. The van der Waals surface area contributed by atoms with E-state index in [-0.39, 0.29) is 24.9 Å². The molecule has 0 aromatic rings. The van der Waals surface area contributed by atoms with E-state index < -0.39 is 18.2 Å². The number of amides is 1. The maximum Gasteiger partial charge on any atom is 0.306 e. The highest BCUT2D eigenvalue weighted by Crippen LogP contribution is 2.18. The number of esters is 1. The zero-order valence-electron chi connectivity index (χ0n) is 41.3.